The van der Waals surface area contributed by atoms with Crippen LogP contribution in [0.4, 0.5) is 10.3 Å². The van der Waals surface area contributed by atoms with Gasteiger partial charge in [0.05, 0.1) is 17.6 Å². The van der Waals surface area contributed by atoms with E-state index in [4.69, 9.17) is 14.4 Å². The van der Waals surface area contributed by atoms with Gasteiger partial charge in [0.15, 0.2) is 11.6 Å². The predicted octanol–water partition coefficient (Wildman–Crippen LogP) is 2.85. The zero-order valence-corrected chi connectivity index (χ0v) is 14.8. The molecule has 0 bridgehead atoms. The van der Waals surface area contributed by atoms with Gasteiger partial charge in [-0.3, -0.25) is 0 Å². The first kappa shape index (κ1) is 17.9. The van der Waals surface area contributed by atoms with E-state index in [0.29, 0.717) is 16.7 Å². The molecule has 1 aromatic heterocycles. The fourth-order valence-corrected chi connectivity index (χ4v) is 3.39. The van der Waals surface area contributed by atoms with Gasteiger partial charge in [-0.15, -0.1) is 0 Å². The molecule has 1 heterocycles. The molecule has 136 valence electrons. The summed E-state index contributed by atoms with van der Waals surface area (Å²) in [5.41, 5.74) is 1.33. The lowest BCUT2D eigenvalue weighted by molar-refractivity contribution is 0.386. The average Bonchev–Trinajstić information content (AvgIpc) is 3.04. The van der Waals surface area contributed by atoms with Crippen molar-refractivity contribution in [3.63, 3.8) is 0 Å². The SMILES string of the molecule is CNc1onc(-c2ccc(OC)c(F)c2)c1-c1ccccc1S(N)(=O)=O. The van der Waals surface area contributed by atoms with Crippen LogP contribution in [-0.2, 0) is 10.0 Å². The Morgan fingerprint density at radius 1 is 1.23 bits per heavy atom. The van der Waals surface area contributed by atoms with Crippen molar-refractivity contribution in [2.24, 2.45) is 5.14 Å². The number of primary sulfonamides is 1. The van der Waals surface area contributed by atoms with Crippen LogP contribution in [-0.4, -0.2) is 27.7 Å². The van der Waals surface area contributed by atoms with Gasteiger partial charge in [-0.25, -0.2) is 17.9 Å². The molecule has 0 aliphatic rings. The van der Waals surface area contributed by atoms with E-state index in [9.17, 15) is 12.8 Å². The third kappa shape index (κ3) is 3.14. The molecule has 3 N–H and O–H groups in total. The molecule has 9 heteroatoms. The van der Waals surface area contributed by atoms with Gasteiger partial charge < -0.3 is 14.6 Å². The number of nitrogens with zero attached hydrogens (tertiary/aromatic N) is 1. The number of aromatic nitrogens is 1. The predicted molar refractivity (Wildman–Crippen MR) is 94.8 cm³/mol. The van der Waals surface area contributed by atoms with Crippen LogP contribution in [0.15, 0.2) is 51.9 Å². The lowest BCUT2D eigenvalue weighted by Crippen LogP contribution is -2.13. The van der Waals surface area contributed by atoms with Gasteiger partial charge in [0, 0.05) is 18.2 Å². The van der Waals surface area contributed by atoms with E-state index in [2.05, 4.69) is 10.5 Å². The summed E-state index contributed by atoms with van der Waals surface area (Å²) in [7, 11) is -1.03. The summed E-state index contributed by atoms with van der Waals surface area (Å²) < 4.78 is 48.2. The molecular weight excluding hydrogens is 361 g/mol. The maximum atomic E-state index is 14.1. The Morgan fingerprint density at radius 2 is 1.96 bits per heavy atom. The standard InChI is InChI=1S/C17H16FN3O4S/c1-20-17-15(11-5-3-4-6-14(11)26(19,22)23)16(21-25-17)10-7-8-13(24-2)12(18)9-10/h3-9,20H,1-2H3,(H2,19,22,23). The van der Waals surface area contributed by atoms with Crippen LogP contribution in [0.5, 0.6) is 5.75 Å². The maximum absolute atomic E-state index is 14.1. The molecule has 2 aromatic carbocycles. The minimum Gasteiger partial charge on any atom is -0.494 e. The quantitative estimate of drug-likeness (QED) is 0.708. The lowest BCUT2D eigenvalue weighted by Gasteiger charge is -2.10. The number of ether oxygens (including phenoxy) is 1. The molecule has 0 aliphatic carbocycles. The number of halogens is 1. The Kier molecular flexibility index (Phi) is 4.66. The minimum atomic E-state index is -3.99. The smallest absolute Gasteiger partial charge is 0.238 e. The second kappa shape index (κ2) is 6.77. The number of sulfonamides is 1. The van der Waals surface area contributed by atoms with Gasteiger partial charge in [-0.05, 0) is 24.3 Å². The molecule has 7 nitrogen and oxygen atoms in total. The molecule has 0 saturated heterocycles. The Bertz CT molecular complexity index is 1060. The second-order valence-corrected chi connectivity index (χ2v) is 6.91. The number of hydrogen-bond donors (Lipinski definition) is 2. The monoisotopic (exact) mass is 377 g/mol. The zero-order valence-electron chi connectivity index (χ0n) is 14.0. The number of methoxy groups -OCH3 is 1. The van der Waals surface area contributed by atoms with Gasteiger partial charge in [0.1, 0.15) is 5.69 Å². The van der Waals surface area contributed by atoms with Crippen molar-refractivity contribution in [3.05, 3.63) is 48.3 Å². The van der Waals surface area contributed by atoms with Gasteiger partial charge in [0.25, 0.3) is 0 Å². The molecule has 0 spiro atoms. The highest BCUT2D eigenvalue weighted by Crippen LogP contribution is 2.40. The van der Waals surface area contributed by atoms with Gasteiger partial charge in [-0.1, -0.05) is 23.4 Å². The number of rotatable bonds is 5. The summed E-state index contributed by atoms with van der Waals surface area (Å²) in [4.78, 5) is -0.0880. The van der Waals surface area contributed by atoms with E-state index in [0.717, 1.165) is 0 Å². The molecule has 3 rings (SSSR count). The summed E-state index contributed by atoms with van der Waals surface area (Å²) in [6.45, 7) is 0. The topological polar surface area (TPSA) is 107 Å². The molecular formula is C17H16FN3O4S. The van der Waals surface area contributed by atoms with Crippen molar-refractivity contribution >= 4 is 15.9 Å². The first-order chi connectivity index (χ1) is 12.4. The largest absolute Gasteiger partial charge is 0.494 e. The van der Waals surface area contributed by atoms with Crippen LogP contribution in [0.25, 0.3) is 22.4 Å². The molecule has 0 atom stereocenters. The molecule has 0 amide bonds. The minimum absolute atomic E-state index is 0.0811. The lowest BCUT2D eigenvalue weighted by atomic mass is 10.0. The van der Waals surface area contributed by atoms with Crippen molar-refractivity contribution in [2.45, 2.75) is 4.90 Å². The molecule has 0 saturated carbocycles. The third-order valence-electron chi connectivity index (χ3n) is 3.81. The van der Waals surface area contributed by atoms with Gasteiger partial charge >= 0.3 is 0 Å². The summed E-state index contributed by atoms with van der Waals surface area (Å²) in [5, 5.41) is 12.1. The summed E-state index contributed by atoms with van der Waals surface area (Å²) >= 11 is 0. The van der Waals surface area contributed by atoms with Crippen molar-refractivity contribution in [1.29, 1.82) is 0 Å². The van der Waals surface area contributed by atoms with Crippen molar-refractivity contribution in [3.8, 4) is 28.1 Å². The van der Waals surface area contributed by atoms with Crippen molar-refractivity contribution in [2.75, 3.05) is 19.5 Å². The highest BCUT2D eigenvalue weighted by atomic mass is 32.2. The number of hydrogen-bond acceptors (Lipinski definition) is 6. The Morgan fingerprint density at radius 3 is 2.58 bits per heavy atom. The summed E-state index contributed by atoms with van der Waals surface area (Å²) in [6, 6.07) is 10.5. The van der Waals surface area contributed by atoms with Gasteiger partial charge in [-0.2, -0.15) is 0 Å². The number of anilines is 1. The van der Waals surface area contributed by atoms with Crippen LogP contribution in [0.2, 0.25) is 0 Å². The summed E-state index contributed by atoms with van der Waals surface area (Å²) in [5.74, 6) is -0.269. The molecule has 3 aromatic rings. The van der Waals surface area contributed by atoms with Crippen LogP contribution < -0.4 is 15.2 Å². The fraction of sp³-hybridized carbons (Fsp3) is 0.118. The van der Waals surface area contributed by atoms with E-state index < -0.39 is 15.8 Å². The van der Waals surface area contributed by atoms with Gasteiger partial charge in [0.2, 0.25) is 15.9 Å². The first-order valence-corrected chi connectivity index (χ1v) is 9.05. The fourth-order valence-electron chi connectivity index (χ4n) is 2.64. The van der Waals surface area contributed by atoms with Crippen LogP contribution in [0, 0.1) is 5.82 Å². The van der Waals surface area contributed by atoms with Crippen LogP contribution >= 0.6 is 0 Å². The maximum Gasteiger partial charge on any atom is 0.238 e. The van der Waals surface area contributed by atoms with Crippen LogP contribution in [0.1, 0.15) is 0 Å². The Hall–Kier alpha value is -2.91. The number of benzene rings is 2. The van der Waals surface area contributed by atoms with E-state index in [-0.39, 0.29) is 22.2 Å². The molecule has 0 aliphatic heterocycles. The molecule has 26 heavy (non-hydrogen) atoms. The molecule has 0 fully saturated rings. The van der Waals surface area contributed by atoms with Crippen molar-refractivity contribution < 1.29 is 22.1 Å². The summed E-state index contributed by atoms with van der Waals surface area (Å²) in [6.07, 6.45) is 0. The normalized spacial score (nSPS) is 11.4. The third-order valence-corrected chi connectivity index (χ3v) is 4.78. The van der Waals surface area contributed by atoms with Crippen molar-refractivity contribution in [1.82, 2.24) is 5.16 Å². The van der Waals surface area contributed by atoms with Crippen LogP contribution in [0.3, 0.4) is 0 Å². The Labute approximate surface area is 149 Å². The highest BCUT2D eigenvalue weighted by Gasteiger charge is 2.25. The first-order valence-electron chi connectivity index (χ1n) is 7.50. The highest BCUT2D eigenvalue weighted by molar-refractivity contribution is 7.89. The van der Waals surface area contributed by atoms with E-state index in [1.807, 2.05) is 0 Å². The van der Waals surface area contributed by atoms with E-state index in [1.165, 1.54) is 25.3 Å². The number of nitrogens with two attached hydrogens (primary N) is 1. The Balaban J connectivity index is 2.28. The number of nitrogens with one attached hydrogen (secondary N) is 1. The zero-order chi connectivity index (χ0) is 18.9. The average molecular weight is 377 g/mol. The second-order valence-electron chi connectivity index (χ2n) is 5.38. The van der Waals surface area contributed by atoms with E-state index >= 15 is 0 Å². The van der Waals surface area contributed by atoms with E-state index in [1.54, 1.807) is 31.3 Å². The molecule has 0 radical (unpaired) electrons. The molecule has 0 unspecified atom stereocenters.